The zero-order valence-corrected chi connectivity index (χ0v) is 17.2. The van der Waals surface area contributed by atoms with E-state index in [2.05, 4.69) is 32.9 Å². The van der Waals surface area contributed by atoms with Crippen molar-refractivity contribution >= 4 is 11.8 Å². The van der Waals surface area contributed by atoms with Crippen LogP contribution in [-0.4, -0.2) is 42.8 Å². The van der Waals surface area contributed by atoms with Gasteiger partial charge in [-0.3, -0.25) is 4.79 Å². The molecule has 1 unspecified atom stereocenters. The van der Waals surface area contributed by atoms with E-state index in [-0.39, 0.29) is 13.0 Å². The minimum absolute atomic E-state index is 0.141. The molecule has 1 aromatic carbocycles. The van der Waals surface area contributed by atoms with Gasteiger partial charge in [0.05, 0.1) is 13.0 Å². The molecule has 9 heteroatoms. The summed E-state index contributed by atoms with van der Waals surface area (Å²) >= 11 is 0. The number of carboxylic acid groups (broad SMARTS) is 1. The molecule has 1 atom stereocenters. The molecular weight excluding hydrogens is 399 g/mol. The summed E-state index contributed by atoms with van der Waals surface area (Å²) in [7, 11) is 0. The SMILES string of the molecule is O=C(O)CC(Cn1nnc(CCCc2ccc3c(n2)NCCC3)n1)c1cccc(F)c1. The summed E-state index contributed by atoms with van der Waals surface area (Å²) in [4.78, 5) is 17.4. The Kier molecular flexibility index (Phi) is 6.49. The van der Waals surface area contributed by atoms with Gasteiger partial charge < -0.3 is 10.4 Å². The number of tetrazole rings is 1. The van der Waals surface area contributed by atoms with Crippen molar-refractivity contribution < 1.29 is 14.3 Å². The van der Waals surface area contributed by atoms with Gasteiger partial charge in [-0.15, -0.1) is 10.2 Å². The Morgan fingerprint density at radius 2 is 2.16 bits per heavy atom. The quantitative estimate of drug-likeness (QED) is 0.544. The number of aromatic nitrogens is 5. The van der Waals surface area contributed by atoms with Crippen LogP contribution in [0.2, 0.25) is 0 Å². The number of nitrogens with one attached hydrogen (secondary N) is 1. The summed E-state index contributed by atoms with van der Waals surface area (Å²) in [5.74, 6) is -0.200. The molecule has 3 aromatic rings. The molecule has 0 saturated heterocycles. The van der Waals surface area contributed by atoms with Crippen LogP contribution in [0.5, 0.6) is 0 Å². The van der Waals surface area contributed by atoms with Crippen molar-refractivity contribution in [2.45, 2.75) is 51.0 Å². The highest BCUT2D eigenvalue weighted by atomic mass is 19.1. The van der Waals surface area contributed by atoms with Gasteiger partial charge in [0, 0.05) is 24.6 Å². The summed E-state index contributed by atoms with van der Waals surface area (Å²) in [5.41, 5.74) is 2.91. The van der Waals surface area contributed by atoms with Gasteiger partial charge >= 0.3 is 5.97 Å². The number of carbonyl (C=O) groups is 1. The maximum Gasteiger partial charge on any atom is 0.304 e. The van der Waals surface area contributed by atoms with E-state index in [1.807, 2.05) is 0 Å². The van der Waals surface area contributed by atoms with E-state index in [4.69, 9.17) is 4.98 Å². The molecule has 4 rings (SSSR count). The predicted molar refractivity (Wildman–Crippen MR) is 112 cm³/mol. The Bertz CT molecular complexity index is 1050. The fourth-order valence-corrected chi connectivity index (χ4v) is 3.85. The standard InChI is InChI=1S/C22H25FN6O2/c23-18-6-1-4-16(12-18)17(13-21(30)31)14-29-27-20(26-28-29)8-2-7-19-10-9-15-5-3-11-24-22(15)25-19/h1,4,6,9-10,12,17H,2-3,5,7-8,11,13-14H2,(H,24,25)(H,30,31). The smallest absolute Gasteiger partial charge is 0.304 e. The van der Waals surface area contributed by atoms with E-state index in [1.54, 1.807) is 12.1 Å². The van der Waals surface area contributed by atoms with Crippen molar-refractivity contribution in [2.24, 2.45) is 0 Å². The largest absolute Gasteiger partial charge is 0.481 e. The van der Waals surface area contributed by atoms with Crippen molar-refractivity contribution in [3.05, 3.63) is 64.9 Å². The van der Waals surface area contributed by atoms with Crippen LogP contribution in [0.25, 0.3) is 0 Å². The Labute approximate surface area is 179 Å². The number of anilines is 1. The maximum absolute atomic E-state index is 13.6. The molecule has 0 saturated carbocycles. The number of hydrogen-bond acceptors (Lipinski definition) is 6. The monoisotopic (exact) mass is 424 g/mol. The minimum Gasteiger partial charge on any atom is -0.481 e. The third kappa shape index (κ3) is 5.62. The van der Waals surface area contributed by atoms with Crippen LogP contribution in [-0.2, 0) is 30.6 Å². The average Bonchev–Trinajstić information content (AvgIpc) is 3.20. The van der Waals surface area contributed by atoms with Crippen molar-refractivity contribution in [1.29, 1.82) is 0 Å². The lowest BCUT2D eigenvalue weighted by molar-refractivity contribution is -0.137. The Hall–Kier alpha value is -3.36. The number of halogens is 1. The number of carboxylic acids is 1. The molecule has 3 heterocycles. The number of aliphatic carboxylic acids is 1. The summed E-state index contributed by atoms with van der Waals surface area (Å²) in [6.45, 7) is 1.19. The highest BCUT2D eigenvalue weighted by Crippen LogP contribution is 2.23. The number of nitrogens with zero attached hydrogens (tertiary/aromatic N) is 5. The lowest BCUT2D eigenvalue weighted by Gasteiger charge is -2.17. The van der Waals surface area contributed by atoms with Gasteiger partial charge in [-0.1, -0.05) is 18.2 Å². The average molecular weight is 424 g/mol. The molecular formula is C22H25FN6O2. The lowest BCUT2D eigenvalue weighted by Crippen LogP contribution is -2.16. The van der Waals surface area contributed by atoms with Gasteiger partial charge in [0.15, 0.2) is 5.82 Å². The first kappa shape index (κ1) is 20.9. The van der Waals surface area contributed by atoms with Crippen LogP contribution < -0.4 is 5.32 Å². The molecule has 8 nitrogen and oxygen atoms in total. The van der Waals surface area contributed by atoms with Crippen LogP contribution in [0.4, 0.5) is 10.2 Å². The molecule has 0 fully saturated rings. The second-order valence-electron chi connectivity index (χ2n) is 7.80. The van der Waals surface area contributed by atoms with Crippen molar-refractivity contribution in [1.82, 2.24) is 25.2 Å². The fourth-order valence-electron chi connectivity index (χ4n) is 3.85. The van der Waals surface area contributed by atoms with Crippen LogP contribution in [0.3, 0.4) is 0 Å². The summed E-state index contributed by atoms with van der Waals surface area (Å²) in [5, 5.41) is 25.1. The molecule has 0 bridgehead atoms. The zero-order valence-electron chi connectivity index (χ0n) is 17.2. The Balaban J connectivity index is 1.34. The number of aryl methyl sites for hydroxylation is 3. The van der Waals surface area contributed by atoms with Gasteiger partial charge in [-0.05, 0) is 60.2 Å². The fraction of sp³-hybridized carbons (Fsp3) is 0.409. The molecule has 0 aliphatic carbocycles. The minimum atomic E-state index is -0.957. The number of fused-ring (bicyclic) bond motifs is 1. The number of pyridine rings is 1. The third-order valence-electron chi connectivity index (χ3n) is 5.40. The molecule has 0 radical (unpaired) electrons. The lowest BCUT2D eigenvalue weighted by atomic mass is 9.96. The predicted octanol–water partition coefficient (Wildman–Crippen LogP) is 3.00. The zero-order chi connectivity index (χ0) is 21.6. The second kappa shape index (κ2) is 9.63. The number of rotatable bonds is 9. The molecule has 2 N–H and O–H groups in total. The van der Waals surface area contributed by atoms with E-state index in [0.29, 0.717) is 17.8 Å². The first-order valence-corrected chi connectivity index (χ1v) is 10.5. The van der Waals surface area contributed by atoms with E-state index in [9.17, 15) is 14.3 Å². The van der Waals surface area contributed by atoms with Crippen molar-refractivity contribution in [3.63, 3.8) is 0 Å². The van der Waals surface area contributed by atoms with Crippen molar-refractivity contribution in [2.75, 3.05) is 11.9 Å². The molecule has 2 aromatic heterocycles. The normalized spacial score (nSPS) is 14.0. The van der Waals surface area contributed by atoms with Crippen LogP contribution >= 0.6 is 0 Å². The first-order chi connectivity index (χ1) is 15.1. The highest BCUT2D eigenvalue weighted by molar-refractivity contribution is 5.68. The third-order valence-corrected chi connectivity index (χ3v) is 5.40. The Morgan fingerprint density at radius 1 is 1.26 bits per heavy atom. The molecule has 31 heavy (non-hydrogen) atoms. The number of benzene rings is 1. The van der Waals surface area contributed by atoms with Crippen LogP contribution in [0, 0.1) is 5.82 Å². The van der Waals surface area contributed by atoms with Gasteiger partial charge in [0.1, 0.15) is 11.6 Å². The van der Waals surface area contributed by atoms with E-state index < -0.39 is 17.7 Å². The van der Waals surface area contributed by atoms with Gasteiger partial charge in [0.2, 0.25) is 0 Å². The molecule has 1 aliphatic heterocycles. The van der Waals surface area contributed by atoms with E-state index >= 15 is 0 Å². The summed E-state index contributed by atoms with van der Waals surface area (Å²) < 4.78 is 13.6. The topological polar surface area (TPSA) is 106 Å². The molecule has 0 amide bonds. The van der Waals surface area contributed by atoms with E-state index in [0.717, 1.165) is 43.7 Å². The molecule has 0 spiro atoms. The highest BCUT2D eigenvalue weighted by Gasteiger charge is 2.19. The Morgan fingerprint density at radius 3 is 3.00 bits per heavy atom. The van der Waals surface area contributed by atoms with Crippen molar-refractivity contribution in [3.8, 4) is 0 Å². The van der Waals surface area contributed by atoms with Gasteiger partial charge in [0.25, 0.3) is 0 Å². The number of hydrogen-bond donors (Lipinski definition) is 2. The maximum atomic E-state index is 13.6. The second-order valence-corrected chi connectivity index (χ2v) is 7.80. The van der Waals surface area contributed by atoms with Crippen LogP contribution in [0.15, 0.2) is 36.4 Å². The summed E-state index contributed by atoms with van der Waals surface area (Å²) in [6, 6.07) is 10.2. The van der Waals surface area contributed by atoms with Gasteiger partial charge in [-0.25, -0.2) is 9.37 Å². The molecule has 1 aliphatic rings. The molecule has 162 valence electrons. The van der Waals surface area contributed by atoms with Gasteiger partial charge in [-0.2, -0.15) is 4.80 Å². The van der Waals surface area contributed by atoms with Crippen LogP contribution in [0.1, 0.15) is 47.8 Å². The van der Waals surface area contributed by atoms with E-state index in [1.165, 1.54) is 22.5 Å². The summed E-state index contributed by atoms with van der Waals surface area (Å²) in [6.07, 6.45) is 4.37. The first-order valence-electron chi connectivity index (χ1n) is 10.5.